The lowest BCUT2D eigenvalue weighted by Crippen LogP contribution is -2.20. The van der Waals surface area contributed by atoms with Gasteiger partial charge in [0.2, 0.25) is 4.90 Å². The molecule has 0 radical (unpaired) electrons. The van der Waals surface area contributed by atoms with Crippen LogP contribution >= 0.6 is 79.7 Å². The Labute approximate surface area is 228 Å². The first-order chi connectivity index (χ1) is 15.3. The molecule has 0 aliphatic rings. The minimum absolute atomic E-state index is 0.0524. The summed E-state index contributed by atoms with van der Waals surface area (Å²) in [5.41, 5.74) is 2.99. The van der Waals surface area contributed by atoms with E-state index in [1.165, 1.54) is 0 Å². The van der Waals surface area contributed by atoms with Gasteiger partial charge < -0.3 is 14.4 Å². The minimum atomic E-state index is -1.83. The van der Waals surface area contributed by atoms with Crippen LogP contribution in [-0.2, 0) is 20.2 Å². The molecule has 1 atom stereocenters. The topological polar surface area (TPSA) is 107 Å². The quantitative estimate of drug-likeness (QED) is 0.114. The monoisotopic (exact) mass is 737 g/mol. The number of alkyl halides is 3. The average molecular weight is 738 g/mol. The lowest BCUT2D eigenvalue weighted by atomic mass is 10.0. The van der Waals surface area contributed by atoms with Crippen molar-refractivity contribution >= 4 is 114 Å². The number of hydrogen-bond acceptors (Lipinski definition) is 7. The smallest absolute Gasteiger partial charge is 0.284 e. The first-order valence-corrected chi connectivity index (χ1v) is 14.9. The molecule has 1 unspecified atom stereocenters. The normalized spacial score (nSPS) is 11.9. The molecule has 2 N–H and O–H groups in total. The third kappa shape index (κ3) is 5.73. The molecule has 1 aromatic carbocycles. The van der Waals surface area contributed by atoms with Crippen molar-refractivity contribution in [2.45, 2.75) is 20.7 Å². The highest BCUT2D eigenvalue weighted by Crippen LogP contribution is 2.32. The highest BCUT2D eigenvalue weighted by atomic mass is 127. The fourth-order valence-electron chi connectivity index (χ4n) is 2.73. The number of carbonyl (C=O) groups excluding carboxylic acids is 2. The van der Waals surface area contributed by atoms with E-state index in [1.54, 1.807) is 24.4 Å². The number of nitrogens with one attached hydrogen (secondary N) is 2. The standard InChI is InChI=1S/C19H15Cl2I2N3O4S2/c1-9-15(21)19(30-25-9)26-32(29)14-2-3-31-17(14)18(28)24-16-11(8-23)4-10(7-22)5-12(16)13(27)6-20/h2-5,26H,6-8H2,1H3,(H,24,28). The van der Waals surface area contributed by atoms with Gasteiger partial charge in [0.05, 0.1) is 11.6 Å². The van der Waals surface area contributed by atoms with E-state index in [4.69, 9.17) is 27.7 Å². The van der Waals surface area contributed by atoms with Crippen molar-refractivity contribution in [2.24, 2.45) is 0 Å². The Bertz CT molecular complexity index is 1160. The molecular weight excluding hydrogens is 723 g/mol. The van der Waals surface area contributed by atoms with Crippen LogP contribution in [0.4, 0.5) is 11.6 Å². The Balaban J connectivity index is 1.91. The molecule has 0 bridgehead atoms. The Hall–Kier alpha value is -0.580. The van der Waals surface area contributed by atoms with E-state index >= 15 is 0 Å². The lowest BCUT2D eigenvalue weighted by Gasteiger charge is -2.16. The number of carbonyl (C=O) groups is 2. The number of ketones is 1. The van der Waals surface area contributed by atoms with Crippen LogP contribution in [0.15, 0.2) is 33.0 Å². The van der Waals surface area contributed by atoms with E-state index in [1.807, 2.05) is 6.07 Å². The second kappa shape index (κ2) is 11.7. The maximum atomic E-state index is 13.1. The number of amides is 1. The Morgan fingerprint density at radius 2 is 2.06 bits per heavy atom. The molecule has 3 rings (SSSR count). The molecule has 2 aromatic heterocycles. The number of anilines is 2. The molecule has 1 amide bonds. The van der Waals surface area contributed by atoms with Crippen LogP contribution in [-0.4, -0.2) is 27.3 Å². The predicted octanol–water partition coefficient (Wildman–Crippen LogP) is 6.38. The minimum Gasteiger partial charge on any atom is -0.588 e. The molecule has 13 heteroatoms. The van der Waals surface area contributed by atoms with Crippen molar-refractivity contribution in [3.63, 3.8) is 0 Å². The highest BCUT2D eigenvalue weighted by Gasteiger charge is 2.28. The van der Waals surface area contributed by atoms with E-state index in [0.29, 0.717) is 25.8 Å². The van der Waals surface area contributed by atoms with Gasteiger partial charge >= 0.3 is 0 Å². The summed E-state index contributed by atoms with van der Waals surface area (Å²) in [4.78, 5) is 26.1. The number of thiophene rings is 1. The number of rotatable bonds is 9. The zero-order valence-electron chi connectivity index (χ0n) is 16.3. The molecule has 32 heavy (non-hydrogen) atoms. The van der Waals surface area contributed by atoms with Crippen molar-refractivity contribution in [2.75, 3.05) is 15.9 Å². The molecule has 0 aliphatic carbocycles. The Morgan fingerprint density at radius 3 is 2.66 bits per heavy atom. The largest absolute Gasteiger partial charge is 0.588 e. The molecule has 2 heterocycles. The summed E-state index contributed by atoms with van der Waals surface area (Å²) in [6, 6.07) is 5.26. The third-order valence-electron chi connectivity index (χ3n) is 4.25. The van der Waals surface area contributed by atoms with Crippen molar-refractivity contribution in [3.05, 3.63) is 55.9 Å². The van der Waals surface area contributed by atoms with Crippen LogP contribution in [0, 0.1) is 6.92 Å². The maximum absolute atomic E-state index is 13.1. The zero-order chi connectivity index (χ0) is 23.4. The molecular formula is C19H15Cl2I2N3O4S2. The van der Waals surface area contributed by atoms with Crippen molar-refractivity contribution < 1.29 is 18.7 Å². The first kappa shape index (κ1) is 26.0. The van der Waals surface area contributed by atoms with E-state index in [9.17, 15) is 14.1 Å². The number of hydrogen-bond donors (Lipinski definition) is 2. The van der Waals surface area contributed by atoms with Crippen molar-refractivity contribution in [1.29, 1.82) is 0 Å². The molecule has 0 aliphatic heterocycles. The summed E-state index contributed by atoms with van der Waals surface area (Å²) >= 11 is 15.6. The van der Waals surface area contributed by atoms with Gasteiger partial charge in [0, 0.05) is 20.5 Å². The van der Waals surface area contributed by atoms with Gasteiger partial charge in [0.25, 0.3) is 11.8 Å². The van der Waals surface area contributed by atoms with Gasteiger partial charge in [-0.15, -0.1) is 22.9 Å². The second-order valence-corrected chi connectivity index (χ2v) is 10.6. The van der Waals surface area contributed by atoms with Crippen LogP contribution in [0.25, 0.3) is 0 Å². The number of halogens is 4. The zero-order valence-corrected chi connectivity index (χ0v) is 23.8. The molecule has 170 valence electrons. The number of aromatic nitrogens is 1. The molecule has 7 nitrogen and oxygen atoms in total. The molecule has 3 aromatic rings. The molecule has 0 saturated heterocycles. The lowest BCUT2D eigenvalue weighted by molar-refractivity contribution is 0.102. The van der Waals surface area contributed by atoms with E-state index in [-0.39, 0.29) is 32.3 Å². The van der Waals surface area contributed by atoms with E-state index in [0.717, 1.165) is 22.5 Å². The molecule has 0 fully saturated rings. The molecule has 0 spiro atoms. The summed E-state index contributed by atoms with van der Waals surface area (Å²) in [6.07, 6.45) is 0. The fourth-order valence-corrected chi connectivity index (χ4v) is 6.10. The third-order valence-corrected chi connectivity index (χ3v) is 8.79. The summed E-state index contributed by atoms with van der Waals surface area (Å²) in [6.45, 7) is 1.65. The Kier molecular flexibility index (Phi) is 9.53. The second-order valence-electron chi connectivity index (χ2n) is 6.35. The fraction of sp³-hybridized carbons (Fsp3) is 0.211. The van der Waals surface area contributed by atoms with Crippen LogP contribution in [0.1, 0.15) is 36.9 Å². The number of aryl methyl sites for hydroxylation is 1. The summed E-state index contributed by atoms with van der Waals surface area (Å²) in [5, 5.41) is 8.41. The van der Waals surface area contributed by atoms with Crippen LogP contribution < -0.4 is 10.0 Å². The van der Waals surface area contributed by atoms with Gasteiger partial charge in [-0.05, 0) is 29.5 Å². The Morgan fingerprint density at radius 1 is 1.31 bits per heavy atom. The SMILES string of the molecule is Cc1noc(N[S+]([O-])c2ccsc2C(=O)Nc2c(CI)cc(CI)cc2C(=O)CCl)c1Cl. The van der Waals surface area contributed by atoms with Crippen molar-refractivity contribution in [1.82, 2.24) is 5.16 Å². The van der Waals surface area contributed by atoms with Gasteiger partial charge in [0.1, 0.15) is 22.1 Å². The molecule has 0 saturated carbocycles. The number of benzene rings is 1. The van der Waals surface area contributed by atoms with Gasteiger partial charge in [-0.2, -0.15) is 4.72 Å². The first-order valence-electron chi connectivity index (χ1n) is 8.86. The van der Waals surface area contributed by atoms with E-state index < -0.39 is 17.3 Å². The van der Waals surface area contributed by atoms with E-state index in [2.05, 4.69) is 60.4 Å². The summed E-state index contributed by atoms with van der Waals surface area (Å²) in [7, 11) is 0. The van der Waals surface area contributed by atoms with Gasteiger partial charge in [0.15, 0.2) is 10.7 Å². The number of Topliss-reactive ketones (excluding diaryl/α,β-unsaturated/α-hetero) is 1. The predicted molar refractivity (Wildman–Crippen MR) is 145 cm³/mol. The van der Waals surface area contributed by atoms with Gasteiger partial charge in [-0.3, -0.25) is 9.59 Å². The van der Waals surface area contributed by atoms with Crippen molar-refractivity contribution in [3.8, 4) is 0 Å². The van der Waals surface area contributed by atoms with Crippen LogP contribution in [0.3, 0.4) is 0 Å². The summed E-state index contributed by atoms with van der Waals surface area (Å²) in [5.74, 6) is -0.922. The van der Waals surface area contributed by atoms with Gasteiger partial charge in [-0.25, -0.2) is 0 Å². The maximum Gasteiger partial charge on any atom is 0.284 e. The summed E-state index contributed by atoms with van der Waals surface area (Å²) < 4.78 is 21.8. The highest BCUT2D eigenvalue weighted by molar-refractivity contribution is 14.1. The van der Waals surface area contributed by atoms with Crippen LogP contribution in [0.2, 0.25) is 5.02 Å². The average Bonchev–Trinajstić information content (AvgIpc) is 3.41. The van der Waals surface area contributed by atoms with Crippen LogP contribution in [0.5, 0.6) is 0 Å². The number of nitrogens with zero attached hydrogens (tertiary/aromatic N) is 1. The van der Waals surface area contributed by atoms with Gasteiger partial charge in [-0.1, -0.05) is 68.0 Å².